The van der Waals surface area contributed by atoms with Gasteiger partial charge in [0.05, 0.1) is 19.3 Å². The van der Waals surface area contributed by atoms with Crippen LogP contribution in [0.3, 0.4) is 0 Å². The van der Waals surface area contributed by atoms with Crippen molar-refractivity contribution in [3.63, 3.8) is 0 Å². The van der Waals surface area contributed by atoms with Crippen LogP contribution in [0.25, 0.3) is 0 Å². The summed E-state index contributed by atoms with van der Waals surface area (Å²) in [6, 6.07) is 12.9. The van der Waals surface area contributed by atoms with E-state index in [9.17, 15) is 14.4 Å². The van der Waals surface area contributed by atoms with Gasteiger partial charge in [-0.2, -0.15) is 0 Å². The van der Waals surface area contributed by atoms with E-state index >= 15 is 0 Å². The number of rotatable bonds is 9. The number of hydrogen-bond acceptors (Lipinski definition) is 7. The van der Waals surface area contributed by atoms with E-state index in [0.29, 0.717) is 22.7 Å². The summed E-state index contributed by atoms with van der Waals surface area (Å²) in [5.41, 5.74) is 0.838. The Bertz CT molecular complexity index is 800. The lowest BCUT2D eigenvalue weighted by molar-refractivity contribution is -0.149. The highest BCUT2D eigenvalue weighted by molar-refractivity contribution is 5.94. The van der Waals surface area contributed by atoms with Crippen LogP contribution in [0.4, 0.5) is 5.69 Å². The third-order valence-corrected chi connectivity index (χ3v) is 3.46. The van der Waals surface area contributed by atoms with Crippen LogP contribution in [0.1, 0.15) is 17.3 Å². The lowest BCUT2D eigenvalue weighted by Gasteiger charge is -2.09. The first-order valence-electron chi connectivity index (χ1n) is 8.51. The van der Waals surface area contributed by atoms with Gasteiger partial charge >= 0.3 is 11.9 Å². The molecule has 2 aromatic rings. The summed E-state index contributed by atoms with van der Waals surface area (Å²) in [5.74, 6) is -0.484. The second kappa shape index (κ2) is 10.6. The molecule has 148 valence electrons. The van der Waals surface area contributed by atoms with Crippen molar-refractivity contribution in [1.29, 1.82) is 0 Å². The van der Waals surface area contributed by atoms with Crippen LogP contribution in [0.5, 0.6) is 11.5 Å². The van der Waals surface area contributed by atoms with Crippen molar-refractivity contribution < 1.29 is 33.3 Å². The number of carbonyl (C=O) groups is 3. The Balaban J connectivity index is 1.72. The number of ether oxygens (including phenoxy) is 4. The Morgan fingerprint density at radius 3 is 2.11 bits per heavy atom. The molecule has 1 N–H and O–H groups in total. The third kappa shape index (κ3) is 6.64. The molecular weight excluding hydrogens is 366 g/mol. The fourth-order valence-electron chi connectivity index (χ4n) is 2.10. The van der Waals surface area contributed by atoms with E-state index in [0.717, 1.165) is 0 Å². The first kappa shape index (κ1) is 20.8. The quantitative estimate of drug-likeness (QED) is 0.660. The van der Waals surface area contributed by atoms with E-state index in [1.54, 1.807) is 50.4 Å². The molecule has 0 saturated heterocycles. The Labute approximate surface area is 162 Å². The minimum absolute atomic E-state index is 0.283. The summed E-state index contributed by atoms with van der Waals surface area (Å²) in [4.78, 5) is 35.1. The molecule has 0 aliphatic heterocycles. The molecule has 0 spiro atoms. The number of hydrogen-bond donors (Lipinski definition) is 1. The Kier molecular flexibility index (Phi) is 7.83. The molecule has 0 fully saturated rings. The average molecular weight is 387 g/mol. The van der Waals surface area contributed by atoms with Gasteiger partial charge in [-0.05, 0) is 55.5 Å². The fraction of sp³-hybridized carbons (Fsp3) is 0.250. The van der Waals surface area contributed by atoms with Crippen LogP contribution < -0.4 is 14.8 Å². The van der Waals surface area contributed by atoms with E-state index < -0.39 is 24.5 Å². The molecular formula is C20H21NO7. The van der Waals surface area contributed by atoms with Crippen molar-refractivity contribution in [3.8, 4) is 11.5 Å². The molecule has 0 aromatic heterocycles. The van der Waals surface area contributed by atoms with Gasteiger partial charge in [0.15, 0.2) is 13.2 Å². The average Bonchev–Trinajstić information content (AvgIpc) is 2.71. The summed E-state index contributed by atoms with van der Waals surface area (Å²) >= 11 is 0. The number of nitrogens with one attached hydrogen (secondary N) is 1. The van der Waals surface area contributed by atoms with Crippen LogP contribution in [-0.2, 0) is 19.1 Å². The smallest absolute Gasteiger partial charge is 0.344 e. The minimum atomic E-state index is -0.677. The van der Waals surface area contributed by atoms with Gasteiger partial charge in [0, 0.05) is 5.69 Å². The fourth-order valence-corrected chi connectivity index (χ4v) is 2.10. The second-order valence-corrected chi connectivity index (χ2v) is 5.47. The molecule has 0 atom stereocenters. The van der Waals surface area contributed by atoms with Crippen molar-refractivity contribution in [2.75, 3.05) is 32.2 Å². The molecule has 8 nitrogen and oxygen atoms in total. The van der Waals surface area contributed by atoms with Crippen molar-refractivity contribution in [2.24, 2.45) is 0 Å². The largest absolute Gasteiger partial charge is 0.497 e. The van der Waals surface area contributed by atoms with Crippen molar-refractivity contribution in [1.82, 2.24) is 0 Å². The minimum Gasteiger partial charge on any atom is -0.497 e. The maximum atomic E-state index is 11.8. The molecule has 0 bridgehead atoms. The highest BCUT2D eigenvalue weighted by Crippen LogP contribution is 2.17. The summed E-state index contributed by atoms with van der Waals surface area (Å²) in [7, 11) is 1.55. The predicted octanol–water partition coefficient (Wildman–Crippen LogP) is 2.43. The topological polar surface area (TPSA) is 100 Å². The number of amides is 1. The lowest BCUT2D eigenvalue weighted by Crippen LogP contribution is -2.23. The van der Waals surface area contributed by atoms with Crippen LogP contribution >= 0.6 is 0 Å². The standard InChI is InChI=1S/C20H21NO7/c1-3-26-20(24)14-4-6-15(7-5-14)21-18(22)12-28-19(23)13-27-17-10-8-16(25-2)9-11-17/h4-11H,3,12-13H2,1-2H3,(H,21,22). The van der Waals surface area contributed by atoms with Crippen LogP contribution in [0, 0.1) is 0 Å². The maximum absolute atomic E-state index is 11.8. The van der Waals surface area contributed by atoms with Gasteiger partial charge in [-0.1, -0.05) is 0 Å². The Morgan fingerprint density at radius 1 is 0.857 bits per heavy atom. The van der Waals surface area contributed by atoms with E-state index in [4.69, 9.17) is 18.9 Å². The summed E-state index contributed by atoms with van der Waals surface area (Å²) in [6.45, 7) is 1.22. The van der Waals surface area contributed by atoms with E-state index in [2.05, 4.69) is 5.32 Å². The van der Waals surface area contributed by atoms with Gasteiger partial charge in [0.1, 0.15) is 11.5 Å². The van der Waals surface area contributed by atoms with Gasteiger partial charge in [-0.15, -0.1) is 0 Å². The molecule has 28 heavy (non-hydrogen) atoms. The molecule has 0 unspecified atom stereocenters. The van der Waals surface area contributed by atoms with Gasteiger partial charge in [0.25, 0.3) is 5.91 Å². The highest BCUT2D eigenvalue weighted by atomic mass is 16.6. The van der Waals surface area contributed by atoms with Gasteiger partial charge in [-0.3, -0.25) is 4.79 Å². The second-order valence-electron chi connectivity index (χ2n) is 5.47. The third-order valence-electron chi connectivity index (χ3n) is 3.46. The zero-order valence-electron chi connectivity index (χ0n) is 15.6. The molecule has 0 heterocycles. The van der Waals surface area contributed by atoms with E-state index in [1.165, 1.54) is 12.1 Å². The number of methoxy groups -OCH3 is 1. The van der Waals surface area contributed by atoms with Crippen molar-refractivity contribution in [3.05, 3.63) is 54.1 Å². The summed E-state index contributed by atoms with van der Waals surface area (Å²) < 4.78 is 20.0. The first-order chi connectivity index (χ1) is 13.5. The SMILES string of the molecule is CCOC(=O)c1ccc(NC(=O)COC(=O)COc2ccc(OC)cc2)cc1. The van der Waals surface area contributed by atoms with Crippen molar-refractivity contribution in [2.45, 2.75) is 6.92 Å². The highest BCUT2D eigenvalue weighted by Gasteiger charge is 2.10. The zero-order chi connectivity index (χ0) is 20.4. The number of benzene rings is 2. The van der Waals surface area contributed by atoms with Gasteiger partial charge in [-0.25, -0.2) is 9.59 Å². The summed E-state index contributed by atoms with van der Waals surface area (Å²) in [6.07, 6.45) is 0. The summed E-state index contributed by atoms with van der Waals surface area (Å²) in [5, 5.41) is 2.56. The molecule has 0 aliphatic carbocycles. The van der Waals surface area contributed by atoms with Gasteiger partial charge < -0.3 is 24.3 Å². The Morgan fingerprint density at radius 2 is 1.50 bits per heavy atom. The lowest BCUT2D eigenvalue weighted by atomic mass is 10.2. The normalized spacial score (nSPS) is 9.93. The number of anilines is 1. The maximum Gasteiger partial charge on any atom is 0.344 e. The molecule has 0 aliphatic rings. The van der Waals surface area contributed by atoms with Crippen molar-refractivity contribution >= 4 is 23.5 Å². The first-order valence-corrected chi connectivity index (χ1v) is 8.51. The molecule has 0 saturated carbocycles. The molecule has 1 amide bonds. The molecule has 0 radical (unpaired) electrons. The number of carbonyl (C=O) groups excluding carboxylic acids is 3. The zero-order valence-corrected chi connectivity index (χ0v) is 15.6. The molecule has 8 heteroatoms. The van der Waals surface area contributed by atoms with Crippen LogP contribution in [0.2, 0.25) is 0 Å². The van der Waals surface area contributed by atoms with E-state index in [-0.39, 0.29) is 13.2 Å². The van der Waals surface area contributed by atoms with Crippen LogP contribution in [-0.4, -0.2) is 44.8 Å². The molecule has 2 rings (SSSR count). The predicted molar refractivity (Wildman–Crippen MR) is 100 cm³/mol. The monoisotopic (exact) mass is 387 g/mol. The number of esters is 2. The Hall–Kier alpha value is -3.55. The van der Waals surface area contributed by atoms with E-state index in [1.807, 2.05) is 0 Å². The van der Waals surface area contributed by atoms with Crippen LogP contribution in [0.15, 0.2) is 48.5 Å². The van der Waals surface area contributed by atoms with Gasteiger partial charge in [0.2, 0.25) is 0 Å². The molecule has 2 aromatic carbocycles.